The van der Waals surface area contributed by atoms with Crippen molar-refractivity contribution in [3.8, 4) is 0 Å². The van der Waals surface area contributed by atoms with Crippen molar-refractivity contribution in [1.29, 1.82) is 0 Å². The van der Waals surface area contributed by atoms with Gasteiger partial charge in [0.1, 0.15) is 0 Å². The molecule has 3 aliphatic rings. The van der Waals surface area contributed by atoms with Crippen LogP contribution in [0, 0.1) is 0 Å². The van der Waals surface area contributed by atoms with Crippen LogP contribution in [0.1, 0.15) is 77.0 Å². The summed E-state index contributed by atoms with van der Waals surface area (Å²) in [5.41, 5.74) is 0. The molecule has 0 bridgehead atoms. The predicted molar refractivity (Wildman–Crippen MR) is 120 cm³/mol. The highest BCUT2D eigenvalue weighted by Crippen LogP contribution is 2.44. The zero-order valence-electron chi connectivity index (χ0n) is 15.6. The van der Waals surface area contributed by atoms with Crippen LogP contribution < -0.4 is 0 Å². The van der Waals surface area contributed by atoms with E-state index in [1.165, 1.54) is 77.0 Å². The lowest BCUT2D eigenvalue weighted by Gasteiger charge is -2.36. The second-order valence-corrected chi connectivity index (χ2v) is 13.4. The highest BCUT2D eigenvalue weighted by atomic mass is 32.2. The van der Waals surface area contributed by atoms with Crippen LogP contribution in [0.25, 0.3) is 0 Å². The Hall–Kier alpha value is 1.40. The van der Waals surface area contributed by atoms with E-state index in [4.69, 9.17) is 0 Å². The third-order valence-corrected chi connectivity index (χ3v) is 11.9. The van der Waals surface area contributed by atoms with Crippen molar-refractivity contribution in [2.24, 2.45) is 0 Å². The molecule has 0 spiro atoms. The lowest BCUT2D eigenvalue weighted by molar-refractivity contribution is 0.498. The first-order chi connectivity index (χ1) is 11.8. The van der Waals surface area contributed by atoms with Crippen LogP contribution in [-0.2, 0) is 0 Å². The van der Waals surface area contributed by atoms with E-state index in [1.54, 1.807) is 0 Å². The maximum Gasteiger partial charge on any atom is 0.00603 e. The Morgan fingerprint density at radius 2 is 0.833 bits per heavy atom. The van der Waals surface area contributed by atoms with E-state index in [1.807, 2.05) is 0 Å². The van der Waals surface area contributed by atoms with Crippen LogP contribution in [0.3, 0.4) is 0 Å². The predicted octanol–water partition coefficient (Wildman–Crippen LogP) is 7.11. The Bertz CT molecular complexity index is 314. The highest BCUT2D eigenvalue weighted by molar-refractivity contribution is 8.01. The summed E-state index contributed by atoms with van der Waals surface area (Å²) in [6.07, 6.45) is 22.5. The molecule has 24 heavy (non-hydrogen) atoms. The normalized spacial score (nSPS) is 41.2. The second-order valence-electron chi connectivity index (χ2n) is 7.95. The fraction of sp³-hybridized carbons (Fsp3) is 1.00. The smallest absolute Gasteiger partial charge is 0.00603 e. The monoisotopic (exact) mass is 404 g/mol. The molecular weight excluding hydrogens is 368 g/mol. The third kappa shape index (κ3) is 6.23. The van der Waals surface area contributed by atoms with Gasteiger partial charge in [0.05, 0.1) is 0 Å². The van der Waals surface area contributed by atoms with E-state index < -0.39 is 0 Å². The number of thioether (sulfide) groups is 4. The molecule has 140 valence electrons. The van der Waals surface area contributed by atoms with Crippen LogP contribution in [0.15, 0.2) is 0 Å². The Balaban J connectivity index is 1.37. The molecule has 4 heteroatoms. The minimum atomic E-state index is 0.966. The lowest BCUT2D eigenvalue weighted by Crippen LogP contribution is -2.27. The summed E-state index contributed by atoms with van der Waals surface area (Å²) in [6, 6.07) is 0. The Kier molecular flexibility index (Phi) is 8.95. The SMILES string of the molecule is CSC1CCC(SC2CCCC(SC3CCC(SC)CC3)C2)CC1. The van der Waals surface area contributed by atoms with Crippen LogP contribution in [-0.4, -0.2) is 44.0 Å². The van der Waals surface area contributed by atoms with Crippen LogP contribution in [0.5, 0.6) is 0 Å². The third-order valence-electron chi connectivity index (χ3n) is 6.26. The Labute approximate surface area is 167 Å². The van der Waals surface area contributed by atoms with Crippen molar-refractivity contribution in [2.45, 2.75) is 109 Å². The van der Waals surface area contributed by atoms with Gasteiger partial charge in [-0.15, -0.1) is 0 Å². The van der Waals surface area contributed by atoms with Crippen molar-refractivity contribution >= 4 is 47.0 Å². The standard InChI is InChI=1S/C20H36S4/c1-21-15-6-10-17(11-7-15)23-19-4-3-5-20(14-19)24-18-12-8-16(22-2)9-13-18/h15-20H,3-14H2,1-2H3. The molecule has 3 aliphatic carbocycles. The summed E-state index contributed by atoms with van der Waals surface area (Å²) < 4.78 is 0. The van der Waals surface area contributed by atoms with Crippen molar-refractivity contribution in [3.63, 3.8) is 0 Å². The van der Waals surface area contributed by atoms with Crippen LogP contribution in [0.4, 0.5) is 0 Å². The zero-order valence-corrected chi connectivity index (χ0v) is 18.8. The molecule has 2 unspecified atom stereocenters. The van der Waals surface area contributed by atoms with Crippen molar-refractivity contribution < 1.29 is 0 Å². The quantitative estimate of drug-likeness (QED) is 0.462. The van der Waals surface area contributed by atoms with E-state index in [-0.39, 0.29) is 0 Å². The highest BCUT2D eigenvalue weighted by Gasteiger charge is 2.30. The summed E-state index contributed by atoms with van der Waals surface area (Å²) in [7, 11) is 0. The minimum absolute atomic E-state index is 0.966. The molecule has 0 radical (unpaired) electrons. The van der Waals surface area contributed by atoms with Crippen molar-refractivity contribution in [1.82, 2.24) is 0 Å². The largest absolute Gasteiger partial charge is 0.162 e. The van der Waals surface area contributed by atoms with Crippen molar-refractivity contribution in [2.75, 3.05) is 12.5 Å². The lowest BCUT2D eigenvalue weighted by atomic mass is 9.99. The molecule has 0 saturated heterocycles. The first-order valence-electron chi connectivity index (χ1n) is 10.1. The molecule has 0 heterocycles. The van der Waals surface area contributed by atoms with Gasteiger partial charge in [-0.3, -0.25) is 0 Å². The van der Waals surface area contributed by atoms with E-state index in [0.717, 1.165) is 31.5 Å². The van der Waals surface area contributed by atoms with Crippen molar-refractivity contribution in [3.05, 3.63) is 0 Å². The summed E-state index contributed by atoms with van der Waals surface area (Å²) in [4.78, 5) is 0. The molecule has 0 nitrogen and oxygen atoms in total. The fourth-order valence-corrected chi connectivity index (χ4v) is 9.78. The van der Waals surface area contributed by atoms with Crippen LogP contribution in [0.2, 0.25) is 0 Å². The van der Waals surface area contributed by atoms with E-state index in [0.29, 0.717) is 0 Å². The second kappa shape index (κ2) is 10.7. The molecule has 0 aromatic rings. The maximum absolute atomic E-state index is 2.40. The minimum Gasteiger partial charge on any atom is -0.162 e. The Morgan fingerprint density at radius 1 is 0.458 bits per heavy atom. The summed E-state index contributed by atoms with van der Waals surface area (Å²) >= 11 is 9.00. The first-order valence-corrected chi connectivity index (χ1v) is 14.6. The molecule has 0 amide bonds. The number of hydrogen-bond acceptors (Lipinski definition) is 4. The van der Waals surface area contributed by atoms with Gasteiger partial charge in [-0.25, -0.2) is 0 Å². The molecule has 3 fully saturated rings. The molecule has 3 saturated carbocycles. The van der Waals surface area contributed by atoms with Gasteiger partial charge in [0.15, 0.2) is 0 Å². The molecule has 0 aromatic carbocycles. The van der Waals surface area contributed by atoms with Gasteiger partial charge in [0, 0.05) is 31.5 Å². The molecule has 0 N–H and O–H groups in total. The average Bonchev–Trinajstić information content (AvgIpc) is 2.63. The summed E-state index contributed by atoms with van der Waals surface area (Å²) in [5.74, 6) is 0. The van der Waals surface area contributed by atoms with Gasteiger partial charge in [0.2, 0.25) is 0 Å². The van der Waals surface area contributed by atoms with Gasteiger partial charge in [0.25, 0.3) is 0 Å². The van der Waals surface area contributed by atoms with E-state index in [2.05, 4.69) is 59.6 Å². The molecule has 3 rings (SSSR count). The van der Waals surface area contributed by atoms with Crippen LogP contribution >= 0.6 is 47.0 Å². The number of rotatable bonds is 6. The van der Waals surface area contributed by atoms with E-state index in [9.17, 15) is 0 Å². The first kappa shape index (κ1) is 20.1. The number of hydrogen-bond donors (Lipinski definition) is 0. The van der Waals surface area contributed by atoms with Gasteiger partial charge < -0.3 is 0 Å². The molecule has 0 aromatic heterocycles. The van der Waals surface area contributed by atoms with Gasteiger partial charge in [-0.1, -0.05) is 6.42 Å². The summed E-state index contributed by atoms with van der Waals surface area (Å²) in [6.45, 7) is 0. The molecule has 2 atom stereocenters. The molecular formula is C20H36S4. The Morgan fingerprint density at radius 3 is 1.21 bits per heavy atom. The summed E-state index contributed by atoms with van der Waals surface area (Å²) in [5, 5.41) is 5.86. The van der Waals surface area contributed by atoms with Gasteiger partial charge >= 0.3 is 0 Å². The van der Waals surface area contributed by atoms with Gasteiger partial charge in [-0.2, -0.15) is 47.0 Å². The molecule has 0 aliphatic heterocycles. The zero-order chi connectivity index (χ0) is 16.8. The topological polar surface area (TPSA) is 0 Å². The maximum atomic E-state index is 2.40. The van der Waals surface area contributed by atoms with E-state index >= 15 is 0 Å². The fourth-order valence-electron chi connectivity index (χ4n) is 4.70. The van der Waals surface area contributed by atoms with Gasteiger partial charge in [-0.05, 0) is 83.1 Å². The average molecular weight is 405 g/mol.